The van der Waals surface area contributed by atoms with Crippen molar-refractivity contribution in [1.82, 2.24) is 9.62 Å². The van der Waals surface area contributed by atoms with Crippen molar-refractivity contribution >= 4 is 15.9 Å². The van der Waals surface area contributed by atoms with Crippen LogP contribution < -0.4 is 5.32 Å². The number of nitrogens with one attached hydrogen (secondary N) is 1. The summed E-state index contributed by atoms with van der Waals surface area (Å²) in [4.78, 5) is 12.4. The van der Waals surface area contributed by atoms with Crippen LogP contribution in [0.4, 0.5) is 0 Å². The van der Waals surface area contributed by atoms with Crippen LogP contribution in [0.3, 0.4) is 0 Å². The fourth-order valence-corrected chi connectivity index (χ4v) is 5.17. The van der Waals surface area contributed by atoms with Crippen molar-refractivity contribution in [2.75, 3.05) is 19.6 Å². The van der Waals surface area contributed by atoms with Gasteiger partial charge in [0.05, 0.1) is 4.90 Å². The predicted octanol–water partition coefficient (Wildman–Crippen LogP) is 3.46. The minimum atomic E-state index is -3.40. The third-order valence-corrected chi connectivity index (χ3v) is 7.41. The van der Waals surface area contributed by atoms with Gasteiger partial charge in [-0.2, -0.15) is 4.31 Å². The van der Waals surface area contributed by atoms with Gasteiger partial charge in [0.1, 0.15) is 0 Å². The molecule has 2 aromatic rings. The molecule has 6 heteroatoms. The Morgan fingerprint density at radius 1 is 0.966 bits per heavy atom. The van der Waals surface area contributed by atoms with Gasteiger partial charge < -0.3 is 5.32 Å². The highest BCUT2D eigenvalue weighted by molar-refractivity contribution is 7.89. The van der Waals surface area contributed by atoms with Gasteiger partial charge in [0.15, 0.2) is 0 Å². The van der Waals surface area contributed by atoms with Crippen LogP contribution in [0, 0.1) is 6.92 Å². The number of nitrogens with zero attached hydrogens (tertiary/aromatic N) is 1. The van der Waals surface area contributed by atoms with E-state index in [-0.39, 0.29) is 5.91 Å². The highest BCUT2D eigenvalue weighted by atomic mass is 32.2. The Kier molecular flexibility index (Phi) is 7.45. The normalized spacial score (nSPS) is 15.2. The second kappa shape index (κ2) is 10.0. The van der Waals surface area contributed by atoms with Crippen LogP contribution in [0.1, 0.15) is 42.4 Å². The van der Waals surface area contributed by atoms with Crippen molar-refractivity contribution in [3.63, 3.8) is 0 Å². The van der Waals surface area contributed by atoms with E-state index in [1.807, 2.05) is 24.3 Å². The monoisotopic (exact) mass is 414 g/mol. The lowest BCUT2D eigenvalue weighted by Crippen LogP contribution is -2.35. The molecule has 0 spiro atoms. The van der Waals surface area contributed by atoms with Gasteiger partial charge in [0.25, 0.3) is 0 Å². The summed E-state index contributed by atoms with van der Waals surface area (Å²) in [6.45, 7) is 3.91. The number of aryl methyl sites for hydroxylation is 2. The first-order valence-electron chi connectivity index (χ1n) is 10.4. The molecule has 1 heterocycles. The van der Waals surface area contributed by atoms with Gasteiger partial charge in [-0.05, 0) is 61.4 Å². The average molecular weight is 415 g/mol. The maximum absolute atomic E-state index is 12.7. The number of piperidine rings is 1. The molecule has 0 unspecified atom stereocenters. The van der Waals surface area contributed by atoms with Crippen molar-refractivity contribution in [1.29, 1.82) is 0 Å². The van der Waals surface area contributed by atoms with E-state index in [9.17, 15) is 13.2 Å². The standard InChI is InChI=1S/C23H30N2O3S/c1-19-7-3-4-8-21(19)15-16-24-23(26)14-11-20-9-12-22(13-10-20)29(27,28)25-17-5-2-6-18-25/h3-4,7-10,12-13H,2,5-6,11,14-18H2,1H3,(H,24,26). The Bertz CT molecular complexity index is 917. The van der Waals surface area contributed by atoms with E-state index in [0.717, 1.165) is 31.2 Å². The first-order valence-corrected chi connectivity index (χ1v) is 11.8. The summed E-state index contributed by atoms with van der Waals surface area (Å²) in [7, 11) is -3.40. The lowest BCUT2D eigenvalue weighted by atomic mass is 10.1. The van der Waals surface area contributed by atoms with E-state index < -0.39 is 10.0 Å². The highest BCUT2D eigenvalue weighted by Crippen LogP contribution is 2.21. The predicted molar refractivity (Wildman–Crippen MR) is 115 cm³/mol. The van der Waals surface area contributed by atoms with Crippen LogP contribution in [0.2, 0.25) is 0 Å². The molecule has 1 saturated heterocycles. The highest BCUT2D eigenvalue weighted by Gasteiger charge is 2.25. The van der Waals surface area contributed by atoms with E-state index in [1.165, 1.54) is 11.1 Å². The van der Waals surface area contributed by atoms with E-state index in [1.54, 1.807) is 16.4 Å². The van der Waals surface area contributed by atoms with Crippen LogP contribution in [0.5, 0.6) is 0 Å². The zero-order valence-electron chi connectivity index (χ0n) is 17.1. The first kappa shape index (κ1) is 21.5. The fourth-order valence-electron chi connectivity index (χ4n) is 3.66. The number of carbonyl (C=O) groups is 1. The molecule has 1 aliphatic heterocycles. The molecular formula is C23H30N2O3S. The molecule has 1 amide bonds. The molecule has 2 aromatic carbocycles. The molecule has 1 fully saturated rings. The summed E-state index contributed by atoms with van der Waals surface area (Å²) < 4.78 is 26.9. The number of sulfonamides is 1. The number of hydrogen-bond donors (Lipinski definition) is 1. The number of rotatable bonds is 8. The van der Waals surface area contributed by atoms with Gasteiger partial charge in [-0.15, -0.1) is 0 Å². The van der Waals surface area contributed by atoms with Crippen LogP contribution in [-0.2, 0) is 27.7 Å². The van der Waals surface area contributed by atoms with E-state index in [4.69, 9.17) is 0 Å². The summed E-state index contributed by atoms with van der Waals surface area (Å²) in [5.74, 6) is 0.0172. The Labute approximate surface area is 174 Å². The summed E-state index contributed by atoms with van der Waals surface area (Å²) in [6.07, 6.45) is 4.76. The van der Waals surface area contributed by atoms with Gasteiger partial charge in [0, 0.05) is 26.1 Å². The second-order valence-electron chi connectivity index (χ2n) is 7.64. The molecule has 0 radical (unpaired) electrons. The van der Waals surface area contributed by atoms with Gasteiger partial charge in [-0.3, -0.25) is 4.79 Å². The SMILES string of the molecule is Cc1ccccc1CCNC(=O)CCc1ccc(S(=O)(=O)N2CCCCC2)cc1. The summed E-state index contributed by atoms with van der Waals surface area (Å²) in [6, 6.07) is 15.1. The number of carbonyl (C=O) groups excluding carboxylic acids is 1. The molecule has 0 bridgehead atoms. The maximum Gasteiger partial charge on any atom is 0.243 e. The van der Waals surface area contributed by atoms with Crippen LogP contribution in [0.15, 0.2) is 53.4 Å². The molecule has 1 N–H and O–H groups in total. The smallest absolute Gasteiger partial charge is 0.243 e. The van der Waals surface area contributed by atoms with E-state index in [2.05, 4.69) is 24.4 Å². The Morgan fingerprint density at radius 3 is 2.34 bits per heavy atom. The minimum Gasteiger partial charge on any atom is -0.356 e. The number of benzene rings is 2. The summed E-state index contributed by atoms with van der Waals surface area (Å²) in [5.41, 5.74) is 3.45. The largest absolute Gasteiger partial charge is 0.356 e. The van der Waals surface area contributed by atoms with E-state index in [0.29, 0.717) is 37.4 Å². The topological polar surface area (TPSA) is 66.5 Å². The minimum absolute atomic E-state index is 0.0172. The van der Waals surface area contributed by atoms with Crippen LogP contribution >= 0.6 is 0 Å². The molecule has 5 nitrogen and oxygen atoms in total. The van der Waals surface area contributed by atoms with Gasteiger partial charge in [-0.1, -0.05) is 42.8 Å². The second-order valence-corrected chi connectivity index (χ2v) is 9.57. The quantitative estimate of drug-likeness (QED) is 0.719. The Balaban J connectivity index is 1.46. The summed E-state index contributed by atoms with van der Waals surface area (Å²) >= 11 is 0. The van der Waals surface area contributed by atoms with Crippen molar-refractivity contribution < 1.29 is 13.2 Å². The zero-order valence-corrected chi connectivity index (χ0v) is 17.9. The lowest BCUT2D eigenvalue weighted by Gasteiger charge is -2.25. The van der Waals surface area contributed by atoms with Crippen LogP contribution in [-0.4, -0.2) is 38.3 Å². The number of amides is 1. The molecule has 0 saturated carbocycles. The first-order chi connectivity index (χ1) is 14.0. The molecule has 0 aromatic heterocycles. The molecule has 0 aliphatic carbocycles. The fraction of sp³-hybridized carbons (Fsp3) is 0.435. The van der Waals surface area contributed by atoms with Gasteiger partial charge in [0.2, 0.25) is 15.9 Å². The summed E-state index contributed by atoms with van der Waals surface area (Å²) in [5, 5.41) is 2.97. The maximum atomic E-state index is 12.7. The molecule has 1 aliphatic rings. The third kappa shape index (κ3) is 5.90. The van der Waals surface area contributed by atoms with Crippen molar-refractivity contribution in [2.45, 2.75) is 50.3 Å². The Hall–Kier alpha value is -2.18. The number of hydrogen-bond acceptors (Lipinski definition) is 3. The van der Waals surface area contributed by atoms with Gasteiger partial charge >= 0.3 is 0 Å². The van der Waals surface area contributed by atoms with Crippen molar-refractivity contribution in [2.24, 2.45) is 0 Å². The average Bonchev–Trinajstić information content (AvgIpc) is 2.74. The molecule has 156 valence electrons. The molecule has 0 atom stereocenters. The molecule has 29 heavy (non-hydrogen) atoms. The van der Waals surface area contributed by atoms with E-state index >= 15 is 0 Å². The molecular weight excluding hydrogens is 384 g/mol. The Morgan fingerprint density at radius 2 is 1.66 bits per heavy atom. The van der Waals surface area contributed by atoms with Crippen LogP contribution in [0.25, 0.3) is 0 Å². The molecule has 3 rings (SSSR count). The van der Waals surface area contributed by atoms with Crippen molar-refractivity contribution in [3.05, 3.63) is 65.2 Å². The third-order valence-electron chi connectivity index (χ3n) is 5.49. The van der Waals surface area contributed by atoms with Crippen molar-refractivity contribution in [3.8, 4) is 0 Å². The lowest BCUT2D eigenvalue weighted by molar-refractivity contribution is -0.121. The van der Waals surface area contributed by atoms with Gasteiger partial charge in [-0.25, -0.2) is 8.42 Å². The zero-order chi connectivity index (χ0) is 20.7.